The highest BCUT2D eigenvalue weighted by Crippen LogP contribution is 2.42. The third-order valence-electron chi connectivity index (χ3n) is 3.28. The van der Waals surface area contributed by atoms with Crippen LogP contribution in [0.4, 0.5) is 0 Å². The molecule has 2 heterocycles. The second-order valence-corrected chi connectivity index (χ2v) is 4.58. The van der Waals surface area contributed by atoms with Crippen molar-refractivity contribution in [2.45, 2.75) is 37.3 Å². The van der Waals surface area contributed by atoms with Crippen molar-refractivity contribution in [2.24, 2.45) is 0 Å². The molecule has 0 aliphatic carbocycles. The van der Waals surface area contributed by atoms with Gasteiger partial charge in [-0.1, -0.05) is 0 Å². The van der Waals surface area contributed by atoms with E-state index in [1.54, 1.807) is 0 Å². The summed E-state index contributed by atoms with van der Waals surface area (Å²) < 4.78 is 0. The summed E-state index contributed by atoms with van der Waals surface area (Å²) in [5, 5.41) is 19.2. The number of aliphatic hydroxyl groups excluding tert-OH is 1. The van der Waals surface area contributed by atoms with E-state index < -0.39 is 5.60 Å². The minimum Gasteiger partial charge on any atom is -0.394 e. The monoisotopic (exact) mass is 171 g/mol. The van der Waals surface area contributed by atoms with Crippen LogP contribution in [0.2, 0.25) is 0 Å². The molecule has 70 valence electrons. The first-order valence-corrected chi connectivity index (χ1v) is 4.66. The standard InChI is InChI=1S/C9H17NO2/c1-8(12)5-9(7-11)3-2-4-10(9)6-8/h11-12H,2-7H2,1H3/t8?,9-/m0/s1. The maximum atomic E-state index is 9.84. The largest absolute Gasteiger partial charge is 0.394 e. The lowest BCUT2D eigenvalue weighted by Gasteiger charge is -2.29. The van der Waals surface area contributed by atoms with E-state index in [0.29, 0.717) is 0 Å². The number of aliphatic hydroxyl groups is 2. The van der Waals surface area contributed by atoms with E-state index in [-0.39, 0.29) is 12.1 Å². The van der Waals surface area contributed by atoms with Crippen LogP contribution < -0.4 is 0 Å². The van der Waals surface area contributed by atoms with Crippen molar-refractivity contribution in [3.05, 3.63) is 0 Å². The summed E-state index contributed by atoms with van der Waals surface area (Å²) in [6.45, 7) is 3.83. The molecule has 0 aromatic heterocycles. The molecule has 2 rings (SSSR count). The van der Waals surface area contributed by atoms with Gasteiger partial charge in [-0.25, -0.2) is 0 Å². The molecule has 2 aliphatic rings. The molecule has 0 spiro atoms. The molecular formula is C9H17NO2. The van der Waals surface area contributed by atoms with Gasteiger partial charge in [0.05, 0.1) is 12.2 Å². The quantitative estimate of drug-likeness (QED) is 0.582. The van der Waals surface area contributed by atoms with Crippen LogP contribution in [0, 0.1) is 0 Å². The van der Waals surface area contributed by atoms with Gasteiger partial charge in [-0.2, -0.15) is 0 Å². The molecular weight excluding hydrogens is 154 g/mol. The lowest BCUT2D eigenvalue weighted by Crippen LogP contribution is -2.41. The molecule has 2 N–H and O–H groups in total. The molecule has 2 saturated heterocycles. The molecule has 2 aliphatic heterocycles. The van der Waals surface area contributed by atoms with Gasteiger partial charge < -0.3 is 10.2 Å². The number of rotatable bonds is 1. The third-order valence-corrected chi connectivity index (χ3v) is 3.28. The topological polar surface area (TPSA) is 43.7 Å². The summed E-state index contributed by atoms with van der Waals surface area (Å²) in [5.74, 6) is 0. The lowest BCUT2D eigenvalue weighted by atomic mass is 9.89. The molecule has 12 heavy (non-hydrogen) atoms. The molecule has 0 aromatic carbocycles. The van der Waals surface area contributed by atoms with Crippen molar-refractivity contribution in [2.75, 3.05) is 19.7 Å². The van der Waals surface area contributed by atoms with E-state index in [4.69, 9.17) is 0 Å². The van der Waals surface area contributed by atoms with Crippen LogP contribution in [0.3, 0.4) is 0 Å². The molecule has 3 heteroatoms. The molecule has 0 saturated carbocycles. The Morgan fingerprint density at radius 2 is 2.25 bits per heavy atom. The molecule has 0 bridgehead atoms. The van der Waals surface area contributed by atoms with E-state index in [1.807, 2.05) is 6.92 Å². The van der Waals surface area contributed by atoms with Crippen LogP contribution in [-0.2, 0) is 0 Å². The first-order chi connectivity index (χ1) is 5.58. The fourth-order valence-corrected chi connectivity index (χ4v) is 2.85. The van der Waals surface area contributed by atoms with Crippen LogP contribution in [0.25, 0.3) is 0 Å². The highest BCUT2D eigenvalue weighted by atomic mass is 16.3. The summed E-state index contributed by atoms with van der Waals surface area (Å²) in [5.41, 5.74) is -0.660. The minimum atomic E-state index is -0.580. The van der Waals surface area contributed by atoms with Gasteiger partial charge in [-0.3, -0.25) is 4.90 Å². The molecule has 2 fully saturated rings. The van der Waals surface area contributed by atoms with Gasteiger partial charge in [0.25, 0.3) is 0 Å². The van der Waals surface area contributed by atoms with Crippen molar-refractivity contribution in [1.82, 2.24) is 4.90 Å². The predicted octanol–water partition coefficient (Wildman–Crippen LogP) is -0.0320. The summed E-state index contributed by atoms with van der Waals surface area (Å²) in [6, 6.07) is 0. The smallest absolute Gasteiger partial charge is 0.0764 e. The fourth-order valence-electron chi connectivity index (χ4n) is 2.85. The van der Waals surface area contributed by atoms with Crippen molar-refractivity contribution < 1.29 is 10.2 Å². The van der Waals surface area contributed by atoms with Crippen LogP contribution in [-0.4, -0.2) is 45.9 Å². The Morgan fingerprint density at radius 1 is 1.50 bits per heavy atom. The van der Waals surface area contributed by atoms with E-state index in [0.717, 1.165) is 32.4 Å². The fraction of sp³-hybridized carbons (Fsp3) is 1.00. The zero-order chi connectivity index (χ0) is 8.82. The summed E-state index contributed by atoms with van der Waals surface area (Å²) in [7, 11) is 0. The zero-order valence-corrected chi connectivity index (χ0v) is 7.58. The minimum absolute atomic E-state index is 0.0799. The highest BCUT2D eigenvalue weighted by molar-refractivity contribution is 5.07. The average molecular weight is 171 g/mol. The van der Waals surface area contributed by atoms with Crippen molar-refractivity contribution >= 4 is 0 Å². The van der Waals surface area contributed by atoms with Crippen molar-refractivity contribution in [3.8, 4) is 0 Å². The van der Waals surface area contributed by atoms with Gasteiger partial charge in [-0.15, -0.1) is 0 Å². The molecule has 0 amide bonds. The number of nitrogens with zero attached hydrogens (tertiary/aromatic N) is 1. The summed E-state index contributed by atoms with van der Waals surface area (Å²) in [6.07, 6.45) is 2.94. The predicted molar refractivity (Wildman–Crippen MR) is 45.9 cm³/mol. The van der Waals surface area contributed by atoms with Gasteiger partial charge in [0.1, 0.15) is 0 Å². The number of hydrogen-bond donors (Lipinski definition) is 2. The van der Waals surface area contributed by atoms with Gasteiger partial charge >= 0.3 is 0 Å². The van der Waals surface area contributed by atoms with E-state index in [9.17, 15) is 10.2 Å². The Balaban J connectivity index is 2.20. The Hall–Kier alpha value is -0.120. The van der Waals surface area contributed by atoms with Crippen molar-refractivity contribution in [3.63, 3.8) is 0 Å². The van der Waals surface area contributed by atoms with Gasteiger partial charge in [-0.05, 0) is 32.7 Å². The van der Waals surface area contributed by atoms with Gasteiger partial charge in [0, 0.05) is 12.1 Å². The molecule has 2 atom stereocenters. The lowest BCUT2D eigenvalue weighted by molar-refractivity contribution is 0.0634. The van der Waals surface area contributed by atoms with Crippen molar-refractivity contribution in [1.29, 1.82) is 0 Å². The highest BCUT2D eigenvalue weighted by Gasteiger charge is 2.52. The first-order valence-electron chi connectivity index (χ1n) is 4.66. The molecule has 3 nitrogen and oxygen atoms in total. The Kier molecular flexibility index (Phi) is 1.72. The third kappa shape index (κ3) is 1.08. The van der Waals surface area contributed by atoms with E-state index >= 15 is 0 Å². The normalized spacial score (nSPS) is 48.2. The van der Waals surface area contributed by atoms with Crippen LogP contribution in [0.15, 0.2) is 0 Å². The Labute approximate surface area is 73.0 Å². The van der Waals surface area contributed by atoms with E-state index in [2.05, 4.69) is 4.90 Å². The Bertz CT molecular complexity index is 193. The summed E-state index contributed by atoms with van der Waals surface area (Å²) >= 11 is 0. The number of β-amino-alcohol motifs (C(OH)–C–C–N with tert-alkyl or cyclic N) is 1. The second-order valence-electron chi connectivity index (χ2n) is 4.58. The maximum absolute atomic E-state index is 9.84. The molecule has 0 aromatic rings. The summed E-state index contributed by atoms with van der Waals surface area (Å²) in [4.78, 5) is 2.24. The SMILES string of the molecule is CC1(O)CN2CCC[C@@]2(CO)C1. The zero-order valence-electron chi connectivity index (χ0n) is 7.58. The first kappa shape index (κ1) is 8.48. The van der Waals surface area contributed by atoms with E-state index in [1.165, 1.54) is 0 Å². The molecule has 0 radical (unpaired) electrons. The average Bonchev–Trinajstić information content (AvgIpc) is 2.40. The van der Waals surface area contributed by atoms with Crippen LogP contribution >= 0.6 is 0 Å². The van der Waals surface area contributed by atoms with Gasteiger partial charge in [0.2, 0.25) is 0 Å². The van der Waals surface area contributed by atoms with Crippen LogP contribution in [0.1, 0.15) is 26.2 Å². The molecule has 1 unspecified atom stereocenters. The maximum Gasteiger partial charge on any atom is 0.0764 e. The van der Waals surface area contributed by atoms with Crippen LogP contribution in [0.5, 0.6) is 0 Å². The van der Waals surface area contributed by atoms with Gasteiger partial charge in [0.15, 0.2) is 0 Å². The number of hydrogen-bond acceptors (Lipinski definition) is 3. The second kappa shape index (κ2) is 2.44. The Morgan fingerprint density at radius 3 is 2.83 bits per heavy atom. The number of fused-ring (bicyclic) bond motifs is 1.